The van der Waals surface area contributed by atoms with Crippen LogP contribution in [0.3, 0.4) is 0 Å². The molecule has 0 aliphatic rings. The average molecular weight is 344 g/mol. The zero-order valence-electron chi connectivity index (χ0n) is 9.32. The van der Waals surface area contributed by atoms with Gasteiger partial charge in [0.05, 0.1) is 16.6 Å². The molecule has 0 saturated heterocycles. The molecule has 82 valence electrons. The maximum absolute atomic E-state index is 10.4. The molecule has 0 aromatic heterocycles. The molecule has 1 unspecified atom stereocenters. The molecule has 0 fully saturated rings. The maximum Gasteiger partial charge on any atom is 1.00 e. The maximum atomic E-state index is 10.4. The summed E-state index contributed by atoms with van der Waals surface area (Å²) >= 11 is 2.08. The van der Waals surface area contributed by atoms with E-state index in [1.807, 2.05) is 0 Å². The Labute approximate surface area is 130 Å². The van der Waals surface area contributed by atoms with Gasteiger partial charge in [-0.05, 0) is 47.7 Å². The van der Waals surface area contributed by atoms with Gasteiger partial charge in [0, 0.05) is 0 Å². The zero-order valence-corrected chi connectivity index (χ0v) is 13.5. The van der Waals surface area contributed by atoms with Crippen molar-refractivity contribution in [2.45, 2.75) is 13.0 Å². The van der Waals surface area contributed by atoms with Gasteiger partial charge in [0.25, 0.3) is 0 Å². The van der Waals surface area contributed by atoms with Gasteiger partial charge in [-0.25, -0.2) is 0 Å². The van der Waals surface area contributed by atoms with E-state index in [2.05, 4.69) is 22.6 Å². The number of rotatable bonds is 4. The molecule has 0 amide bonds. The van der Waals surface area contributed by atoms with Gasteiger partial charge < -0.3 is 19.4 Å². The van der Waals surface area contributed by atoms with Gasteiger partial charge in [-0.15, -0.1) is 0 Å². The summed E-state index contributed by atoms with van der Waals surface area (Å²) in [5.74, 6) is -0.0261. The number of methoxy groups -OCH3 is 1. The zero-order chi connectivity index (χ0) is 11.4. The first-order valence-corrected chi connectivity index (χ1v) is 5.33. The third kappa shape index (κ3) is 4.48. The fourth-order valence-corrected chi connectivity index (χ4v) is 1.68. The Hall–Kier alpha value is 0.0200. The molecule has 16 heavy (non-hydrogen) atoms. The van der Waals surface area contributed by atoms with Crippen LogP contribution < -0.4 is 44.1 Å². The Morgan fingerprint density at radius 2 is 2.12 bits per heavy atom. The topological polar surface area (TPSA) is 58.6 Å². The van der Waals surface area contributed by atoms with Crippen LogP contribution in [0, 0.1) is 3.57 Å². The van der Waals surface area contributed by atoms with Crippen LogP contribution in [0.5, 0.6) is 11.5 Å². The molecule has 0 N–H and O–H groups in total. The number of carboxylic acids is 1. The minimum Gasteiger partial charge on any atom is -0.546 e. The van der Waals surface area contributed by atoms with E-state index >= 15 is 0 Å². The number of ether oxygens (including phenoxy) is 2. The monoisotopic (exact) mass is 344 g/mol. The van der Waals surface area contributed by atoms with E-state index in [4.69, 9.17) is 9.47 Å². The molecular formula is C10H10INaO4. The number of halogens is 1. The van der Waals surface area contributed by atoms with Crippen molar-refractivity contribution in [1.82, 2.24) is 0 Å². The van der Waals surface area contributed by atoms with E-state index in [1.165, 1.54) is 6.92 Å². The largest absolute Gasteiger partial charge is 1.00 e. The number of hydrogen-bond donors (Lipinski definition) is 0. The SMILES string of the molecule is COc1ccc(OC(C)C(=O)[O-])cc1I.[Na+]. The van der Waals surface area contributed by atoms with Crippen LogP contribution in [-0.4, -0.2) is 19.2 Å². The quantitative estimate of drug-likeness (QED) is 0.461. The van der Waals surface area contributed by atoms with Crippen LogP contribution in [0.4, 0.5) is 0 Å². The van der Waals surface area contributed by atoms with Crippen LogP contribution in [0.1, 0.15) is 6.92 Å². The van der Waals surface area contributed by atoms with Gasteiger partial charge >= 0.3 is 29.6 Å². The molecule has 0 radical (unpaired) electrons. The summed E-state index contributed by atoms with van der Waals surface area (Å²) in [5.41, 5.74) is 0. The smallest absolute Gasteiger partial charge is 0.546 e. The summed E-state index contributed by atoms with van der Waals surface area (Å²) in [7, 11) is 1.57. The standard InChI is InChI=1S/C10H11IO4.Na/c1-6(10(12)13)15-7-3-4-9(14-2)8(11)5-7;/h3-6H,1-2H3,(H,12,13);/q;+1/p-1. The summed E-state index contributed by atoms with van der Waals surface area (Å²) < 4.78 is 11.1. The van der Waals surface area contributed by atoms with Crippen molar-refractivity contribution in [1.29, 1.82) is 0 Å². The number of carbonyl (C=O) groups is 1. The van der Waals surface area contributed by atoms with E-state index in [0.717, 1.165) is 9.32 Å². The van der Waals surface area contributed by atoms with Crippen LogP contribution in [0.2, 0.25) is 0 Å². The van der Waals surface area contributed by atoms with Crippen molar-refractivity contribution in [3.8, 4) is 11.5 Å². The number of benzene rings is 1. The minimum atomic E-state index is -1.24. The van der Waals surface area contributed by atoms with Crippen molar-refractivity contribution < 1.29 is 48.9 Å². The van der Waals surface area contributed by atoms with E-state index in [1.54, 1.807) is 25.3 Å². The van der Waals surface area contributed by atoms with Gasteiger partial charge in [-0.1, -0.05) is 0 Å². The molecule has 6 heteroatoms. The summed E-state index contributed by atoms with van der Waals surface area (Å²) in [6, 6.07) is 5.08. The normalized spacial score (nSPS) is 11.2. The van der Waals surface area contributed by atoms with Crippen LogP contribution >= 0.6 is 22.6 Å². The Morgan fingerprint density at radius 1 is 1.50 bits per heavy atom. The van der Waals surface area contributed by atoms with Crippen molar-refractivity contribution >= 4 is 28.6 Å². The van der Waals surface area contributed by atoms with Crippen LogP contribution in [0.25, 0.3) is 0 Å². The first-order valence-electron chi connectivity index (χ1n) is 4.25. The molecule has 4 nitrogen and oxygen atoms in total. The van der Waals surface area contributed by atoms with E-state index in [9.17, 15) is 9.90 Å². The average Bonchev–Trinajstić information content (AvgIpc) is 2.18. The molecule has 0 aliphatic heterocycles. The second-order valence-corrected chi connectivity index (χ2v) is 4.04. The van der Waals surface area contributed by atoms with Crippen LogP contribution in [-0.2, 0) is 4.79 Å². The van der Waals surface area contributed by atoms with Gasteiger partial charge in [-0.3, -0.25) is 0 Å². The number of carboxylic acid groups (broad SMARTS) is 1. The van der Waals surface area contributed by atoms with Crippen molar-refractivity contribution in [3.05, 3.63) is 21.8 Å². The Balaban J connectivity index is 0.00000225. The molecular weight excluding hydrogens is 334 g/mol. The molecule has 0 heterocycles. The van der Waals surface area contributed by atoms with Gasteiger partial charge in [0.15, 0.2) is 0 Å². The van der Waals surface area contributed by atoms with E-state index < -0.39 is 12.1 Å². The fraction of sp³-hybridized carbons (Fsp3) is 0.300. The molecule has 1 atom stereocenters. The van der Waals surface area contributed by atoms with Gasteiger partial charge in [0.1, 0.15) is 17.6 Å². The molecule has 0 spiro atoms. The van der Waals surface area contributed by atoms with Gasteiger partial charge in [-0.2, -0.15) is 0 Å². The van der Waals surface area contributed by atoms with Crippen molar-refractivity contribution in [3.63, 3.8) is 0 Å². The predicted octanol–water partition coefficient (Wildman–Crippen LogP) is -2.18. The molecule has 0 bridgehead atoms. The summed E-state index contributed by atoms with van der Waals surface area (Å²) in [4.78, 5) is 10.4. The summed E-state index contributed by atoms with van der Waals surface area (Å²) in [6.45, 7) is 1.42. The van der Waals surface area contributed by atoms with Crippen LogP contribution in [0.15, 0.2) is 18.2 Å². The molecule has 1 aromatic carbocycles. The van der Waals surface area contributed by atoms with Crippen molar-refractivity contribution in [2.75, 3.05) is 7.11 Å². The van der Waals surface area contributed by atoms with E-state index in [-0.39, 0.29) is 29.6 Å². The second-order valence-electron chi connectivity index (χ2n) is 2.88. The molecule has 0 aliphatic carbocycles. The Kier molecular flexibility index (Phi) is 7.38. The third-order valence-electron chi connectivity index (χ3n) is 1.77. The predicted molar refractivity (Wildman–Crippen MR) is 60.8 cm³/mol. The third-order valence-corrected chi connectivity index (χ3v) is 2.61. The molecule has 1 rings (SSSR count). The first kappa shape index (κ1) is 16.0. The Morgan fingerprint density at radius 3 is 2.56 bits per heavy atom. The second kappa shape index (κ2) is 7.37. The Bertz CT molecular complexity index is 370. The summed E-state index contributed by atoms with van der Waals surface area (Å²) in [5, 5.41) is 10.4. The molecule has 0 saturated carbocycles. The fourth-order valence-electron chi connectivity index (χ4n) is 0.973. The van der Waals surface area contributed by atoms with Gasteiger partial charge in [0.2, 0.25) is 0 Å². The number of carbonyl (C=O) groups excluding carboxylic acids is 1. The molecule has 1 aromatic rings. The first-order chi connectivity index (χ1) is 7.04. The number of hydrogen-bond acceptors (Lipinski definition) is 4. The van der Waals surface area contributed by atoms with Crippen molar-refractivity contribution in [2.24, 2.45) is 0 Å². The minimum absolute atomic E-state index is 0. The number of aliphatic carboxylic acids is 1. The summed E-state index contributed by atoms with van der Waals surface area (Å²) in [6.07, 6.45) is -0.964. The van der Waals surface area contributed by atoms with E-state index in [0.29, 0.717) is 5.75 Å².